The standard InChI is InChI=1S/C30H30/c1-4-5-6-7-8-26-13-15-28(16-14-26)19-21-30-22-20-29(23-25(30)3)18-17-27-11-9-24(2)10-12-27/h9-16,20,22-23H,4-8H2,1-3H3. The highest BCUT2D eigenvalue weighted by molar-refractivity contribution is 5.51. The first-order chi connectivity index (χ1) is 14.6. The third kappa shape index (κ3) is 6.69. The molecule has 0 aliphatic rings. The van der Waals surface area contributed by atoms with Gasteiger partial charge in [-0.05, 0) is 80.3 Å². The predicted molar refractivity (Wildman–Crippen MR) is 129 cm³/mol. The molecule has 0 heteroatoms. The van der Waals surface area contributed by atoms with E-state index in [4.69, 9.17) is 0 Å². The zero-order valence-electron chi connectivity index (χ0n) is 18.4. The van der Waals surface area contributed by atoms with Gasteiger partial charge in [-0.2, -0.15) is 0 Å². The van der Waals surface area contributed by atoms with E-state index in [-0.39, 0.29) is 0 Å². The number of unbranched alkanes of at least 4 members (excludes halogenated alkanes) is 3. The Morgan fingerprint density at radius 2 is 1.20 bits per heavy atom. The third-order valence-corrected chi connectivity index (χ3v) is 5.24. The molecule has 0 bridgehead atoms. The summed E-state index contributed by atoms with van der Waals surface area (Å²) in [7, 11) is 0. The van der Waals surface area contributed by atoms with Gasteiger partial charge < -0.3 is 0 Å². The van der Waals surface area contributed by atoms with Crippen molar-refractivity contribution >= 4 is 0 Å². The van der Waals surface area contributed by atoms with Crippen LogP contribution in [-0.2, 0) is 6.42 Å². The molecule has 0 nitrogen and oxygen atoms in total. The summed E-state index contributed by atoms with van der Waals surface area (Å²) >= 11 is 0. The molecule has 0 radical (unpaired) electrons. The van der Waals surface area contributed by atoms with Crippen LogP contribution in [-0.4, -0.2) is 0 Å². The second kappa shape index (κ2) is 11.1. The van der Waals surface area contributed by atoms with Gasteiger partial charge in [0.1, 0.15) is 0 Å². The molecule has 0 fully saturated rings. The van der Waals surface area contributed by atoms with E-state index in [0.717, 1.165) is 34.2 Å². The summed E-state index contributed by atoms with van der Waals surface area (Å²) in [6, 6.07) is 23.2. The maximum Gasteiger partial charge on any atom is 0.0279 e. The Hall–Kier alpha value is -3.22. The molecule has 0 N–H and O–H groups in total. The first kappa shape index (κ1) is 21.5. The van der Waals surface area contributed by atoms with Crippen molar-refractivity contribution in [1.82, 2.24) is 0 Å². The summed E-state index contributed by atoms with van der Waals surface area (Å²) in [4.78, 5) is 0. The van der Waals surface area contributed by atoms with Crippen molar-refractivity contribution in [2.45, 2.75) is 52.9 Å². The second-order valence-electron chi connectivity index (χ2n) is 7.90. The zero-order valence-corrected chi connectivity index (χ0v) is 18.4. The number of hydrogen-bond donors (Lipinski definition) is 0. The molecule has 3 aromatic carbocycles. The van der Waals surface area contributed by atoms with E-state index in [1.165, 1.54) is 36.8 Å². The summed E-state index contributed by atoms with van der Waals surface area (Å²) in [5.41, 5.74) is 7.99. The number of hydrogen-bond acceptors (Lipinski definition) is 0. The third-order valence-electron chi connectivity index (χ3n) is 5.24. The summed E-state index contributed by atoms with van der Waals surface area (Å²) in [5, 5.41) is 0. The zero-order chi connectivity index (χ0) is 21.2. The highest BCUT2D eigenvalue weighted by Crippen LogP contribution is 2.12. The molecule has 0 amide bonds. The van der Waals surface area contributed by atoms with E-state index in [9.17, 15) is 0 Å². The van der Waals surface area contributed by atoms with Crippen molar-refractivity contribution in [3.05, 3.63) is 106 Å². The van der Waals surface area contributed by atoms with Crippen LogP contribution in [0.1, 0.15) is 71.6 Å². The van der Waals surface area contributed by atoms with Gasteiger partial charge in [-0.3, -0.25) is 0 Å². The van der Waals surface area contributed by atoms with Crippen molar-refractivity contribution in [3.8, 4) is 23.7 Å². The largest absolute Gasteiger partial charge is 0.0654 e. The lowest BCUT2D eigenvalue weighted by atomic mass is 10.0. The Labute approximate surface area is 182 Å². The molecule has 3 aromatic rings. The van der Waals surface area contributed by atoms with Crippen molar-refractivity contribution < 1.29 is 0 Å². The molecule has 0 saturated carbocycles. The van der Waals surface area contributed by atoms with Gasteiger partial charge in [0, 0.05) is 22.3 Å². The monoisotopic (exact) mass is 390 g/mol. The van der Waals surface area contributed by atoms with Gasteiger partial charge in [0.2, 0.25) is 0 Å². The van der Waals surface area contributed by atoms with Crippen LogP contribution in [0.25, 0.3) is 0 Å². The van der Waals surface area contributed by atoms with Crippen molar-refractivity contribution in [2.75, 3.05) is 0 Å². The van der Waals surface area contributed by atoms with Crippen LogP contribution >= 0.6 is 0 Å². The second-order valence-corrected chi connectivity index (χ2v) is 7.90. The Morgan fingerprint density at radius 3 is 1.87 bits per heavy atom. The van der Waals surface area contributed by atoms with Crippen molar-refractivity contribution in [2.24, 2.45) is 0 Å². The summed E-state index contributed by atoms with van der Waals surface area (Å²) in [6.07, 6.45) is 6.38. The topological polar surface area (TPSA) is 0 Å². The molecule has 0 aromatic heterocycles. The average Bonchev–Trinajstić information content (AvgIpc) is 2.76. The van der Waals surface area contributed by atoms with E-state index < -0.39 is 0 Å². The lowest BCUT2D eigenvalue weighted by Gasteiger charge is -2.01. The van der Waals surface area contributed by atoms with Crippen molar-refractivity contribution in [3.63, 3.8) is 0 Å². The molecule has 0 aliphatic heterocycles. The Kier molecular flexibility index (Phi) is 7.94. The van der Waals surface area contributed by atoms with Gasteiger partial charge in [0.25, 0.3) is 0 Å². The van der Waals surface area contributed by atoms with E-state index >= 15 is 0 Å². The predicted octanol–water partition coefficient (Wildman–Crippen LogP) is 7.23. The Morgan fingerprint density at radius 1 is 0.600 bits per heavy atom. The Balaban J connectivity index is 1.64. The maximum atomic E-state index is 3.32. The Bertz CT molecular complexity index is 1080. The number of rotatable bonds is 5. The van der Waals surface area contributed by atoms with Crippen molar-refractivity contribution in [1.29, 1.82) is 0 Å². The van der Waals surface area contributed by atoms with E-state index in [0.29, 0.717) is 0 Å². The number of benzene rings is 3. The van der Waals surface area contributed by atoms with Crippen LogP contribution < -0.4 is 0 Å². The molecule has 0 aliphatic carbocycles. The van der Waals surface area contributed by atoms with E-state index in [1.807, 2.05) is 0 Å². The van der Waals surface area contributed by atoms with Crippen LogP contribution in [0.15, 0.2) is 66.7 Å². The molecule has 0 saturated heterocycles. The molecule has 0 unspecified atom stereocenters. The van der Waals surface area contributed by atoms with Crippen LogP contribution in [0.5, 0.6) is 0 Å². The lowest BCUT2D eigenvalue weighted by Crippen LogP contribution is -1.87. The van der Waals surface area contributed by atoms with Gasteiger partial charge in [-0.15, -0.1) is 0 Å². The van der Waals surface area contributed by atoms with Gasteiger partial charge >= 0.3 is 0 Å². The SMILES string of the molecule is CCCCCCc1ccc(C#Cc2ccc(C#Cc3ccc(C)cc3)cc2C)cc1. The molecule has 150 valence electrons. The molecule has 0 atom stereocenters. The van der Waals surface area contributed by atoms with Crippen LogP contribution in [0.3, 0.4) is 0 Å². The highest BCUT2D eigenvalue weighted by Gasteiger charge is 1.97. The van der Waals surface area contributed by atoms with E-state index in [2.05, 4.69) is 111 Å². The summed E-state index contributed by atoms with van der Waals surface area (Å²) in [6.45, 7) is 6.44. The quantitative estimate of drug-likeness (QED) is 0.318. The van der Waals surface area contributed by atoms with Gasteiger partial charge in [0.05, 0.1) is 0 Å². The minimum Gasteiger partial charge on any atom is -0.0654 e. The first-order valence-corrected chi connectivity index (χ1v) is 10.9. The first-order valence-electron chi connectivity index (χ1n) is 10.9. The fraction of sp³-hybridized carbons (Fsp3) is 0.267. The van der Waals surface area contributed by atoms with Crippen LogP contribution in [0, 0.1) is 37.5 Å². The van der Waals surface area contributed by atoms with Gasteiger partial charge in [-0.1, -0.05) is 79.7 Å². The highest BCUT2D eigenvalue weighted by atomic mass is 14.0. The molecule has 30 heavy (non-hydrogen) atoms. The van der Waals surface area contributed by atoms with Crippen LogP contribution in [0.2, 0.25) is 0 Å². The molecule has 0 heterocycles. The summed E-state index contributed by atoms with van der Waals surface area (Å²) < 4.78 is 0. The normalized spacial score (nSPS) is 9.97. The van der Waals surface area contributed by atoms with E-state index in [1.54, 1.807) is 0 Å². The van der Waals surface area contributed by atoms with Gasteiger partial charge in [-0.25, -0.2) is 0 Å². The average molecular weight is 391 g/mol. The summed E-state index contributed by atoms with van der Waals surface area (Å²) in [5.74, 6) is 13.1. The maximum absolute atomic E-state index is 3.32. The lowest BCUT2D eigenvalue weighted by molar-refractivity contribution is 0.667. The molecule has 0 spiro atoms. The minimum absolute atomic E-state index is 1.02. The molecular weight excluding hydrogens is 360 g/mol. The molecule has 3 rings (SSSR count). The van der Waals surface area contributed by atoms with Gasteiger partial charge in [0.15, 0.2) is 0 Å². The number of aryl methyl sites for hydroxylation is 3. The molecular formula is C30H30. The van der Waals surface area contributed by atoms with Crippen LogP contribution in [0.4, 0.5) is 0 Å². The minimum atomic E-state index is 1.02. The fourth-order valence-corrected chi connectivity index (χ4v) is 3.31. The smallest absolute Gasteiger partial charge is 0.0279 e. The fourth-order valence-electron chi connectivity index (χ4n) is 3.31.